The van der Waals surface area contributed by atoms with E-state index < -0.39 is 0 Å². The second-order valence-electron chi connectivity index (χ2n) is 3.67. The predicted molar refractivity (Wildman–Crippen MR) is 69.6 cm³/mol. The van der Waals surface area contributed by atoms with Gasteiger partial charge in [-0.3, -0.25) is 0 Å². The molecule has 88 valence electrons. The smallest absolute Gasteiger partial charge is 0.162 e. The molecule has 0 saturated carbocycles. The Bertz CT molecular complexity index is 564. The summed E-state index contributed by atoms with van der Waals surface area (Å²) in [6.45, 7) is 3.73. The van der Waals surface area contributed by atoms with Gasteiger partial charge in [0.15, 0.2) is 5.82 Å². The number of halogens is 3. The third-order valence-corrected chi connectivity index (χ3v) is 3.53. The van der Waals surface area contributed by atoms with Gasteiger partial charge in [-0.25, -0.2) is 14.4 Å². The average molecular weight is 316 g/mol. The molecule has 1 aromatic carbocycles. The summed E-state index contributed by atoms with van der Waals surface area (Å²) in [5.41, 5.74) is 2.39. The van der Waals surface area contributed by atoms with Crippen molar-refractivity contribution in [3.05, 3.63) is 44.9 Å². The van der Waals surface area contributed by atoms with E-state index in [-0.39, 0.29) is 5.82 Å². The third kappa shape index (κ3) is 2.48. The third-order valence-electron chi connectivity index (χ3n) is 2.50. The SMILES string of the molecule is Cc1nc(-c2ccc(F)cc2Br)nc(Cl)c1C. The highest BCUT2D eigenvalue weighted by Gasteiger charge is 2.11. The zero-order valence-electron chi connectivity index (χ0n) is 9.26. The number of benzene rings is 1. The van der Waals surface area contributed by atoms with Crippen LogP contribution < -0.4 is 0 Å². The van der Waals surface area contributed by atoms with Crippen molar-refractivity contribution in [2.24, 2.45) is 0 Å². The lowest BCUT2D eigenvalue weighted by atomic mass is 10.2. The molecule has 0 aliphatic carbocycles. The van der Waals surface area contributed by atoms with E-state index in [0.29, 0.717) is 15.5 Å². The van der Waals surface area contributed by atoms with Gasteiger partial charge >= 0.3 is 0 Å². The fourth-order valence-electron chi connectivity index (χ4n) is 1.39. The maximum atomic E-state index is 13.0. The Morgan fingerprint density at radius 1 is 1.24 bits per heavy atom. The van der Waals surface area contributed by atoms with E-state index in [2.05, 4.69) is 25.9 Å². The Morgan fingerprint density at radius 2 is 1.94 bits per heavy atom. The second kappa shape index (κ2) is 4.70. The summed E-state index contributed by atoms with van der Waals surface area (Å²) < 4.78 is 13.6. The highest BCUT2D eigenvalue weighted by molar-refractivity contribution is 9.10. The molecule has 5 heteroatoms. The van der Waals surface area contributed by atoms with Crippen molar-refractivity contribution < 1.29 is 4.39 Å². The minimum atomic E-state index is -0.310. The Kier molecular flexibility index (Phi) is 3.45. The number of hydrogen-bond donors (Lipinski definition) is 0. The van der Waals surface area contributed by atoms with Gasteiger partial charge in [0, 0.05) is 21.3 Å². The molecule has 0 spiro atoms. The van der Waals surface area contributed by atoms with Crippen LogP contribution in [0, 0.1) is 19.7 Å². The van der Waals surface area contributed by atoms with E-state index in [1.807, 2.05) is 13.8 Å². The van der Waals surface area contributed by atoms with Crippen LogP contribution in [0.3, 0.4) is 0 Å². The summed E-state index contributed by atoms with van der Waals surface area (Å²) >= 11 is 9.30. The van der Waals surface area contributed by atoms with Crippen LogP contribution in [-0.2, 0) is 0 Å². The molecule has 2 aromatic rings. The van der Waals surface area contributed by atoms with Crippen LogP contribution in [-0.4, -0.2) is 9.97 Å². The van der Waals surface area contributed by atoms with Crippen LogP contribution in [0.5, 0.6) is 0 Å². The Hall–Kier alpha value is -1.00. The molecule has 0 atom stereocenters. The molecule has 1 heterocycles. The Labute approximate surface area is 112 Å². The Morgan fingerprint density at radius 3 is 2.53 bits per heavy atom. The van der Waals surface area contributed by atoms with Crippen LogP contribution in [0.15, 0.2) is 22.7 Å². The first-order chi connectivity index (χ1) is 7.99. The fraction of sp³-hybridized carbons (Fsp3) is 0.167. The summed E-state index contributed by atoms with van der Waals surface area (Å²) in [5, 5.41) is 0.420. The molecule has 0 radical (unpaired) electrons. The number of aryl methyl sites for hydroxylation is 1. The van der Waals surface area contributed by atoms with Crippen molar-refractivity contribution in [3.8, 4) is 11.4 Å². The van der Waals surface area contributed by atoms with Gasteiger partial charge in [-0.1, -0.05) is 11.6 Å². The summed E-state index contributed by atoms with van der Waals surface area (Å²) in [6.07, 6.45) is 0. The first-order valence-corrected chi connectivity index (χ1v) is 6.12. The molecule has 0 fully saturated rings. The van der Waals surface area contributed by atoms with Crippen LogP contribution in [0.4, 0.5) is 4.39 Å². The fourth-order valence-corrected chi connectivity index (χ4v) is 2.13. The number of rotatable bonds is 1. The van der Waals surface area contributed by atoms with Crippen molar-refractivity contribution in [2.45, 2.75) is 13.8 Å². The van der Waals surface area contributed by atoms with Gasteiger partial charge in [0.1, 0.15) is 11.0 Å². The summed E-state index contributed by atoms with van der Waals surface area (Å²) in [6, 6.07) is 4.37. The highest BCUT2D eigenvalue weighted by atomic mass is 79.9. The van der Waals surface area contributed by atoms with Crippen molar-refractivity contribution in [1.29, 1.82) is 0 Å². The maximum Gasteiger partial charge on any atom is 0.162 e. The van der Waals surface area contributed by atoms with Gasteiger partial charge in [0.05, 0.1) is 0 Å². The molecule has 1 aromatic heterocycles. The van der Waals surface area contributed by atoms with Crippen molar-refractivity contribution >= 4 is 27.5 Å². The number of aromatic nitrogens is 2. The first-order valence-electron chi connectivity index (χ1n) is 4.95. The van der Waals surface area contributed by atoms with E-state index >= 15 is 0 Å². The van der Waals surface area contributed by atoms with E-state index in [1.54, 1.807) is 6.07 Å². The molecule has 2 nitrogen and oxygen atoms in total. The number of hydrogen-bond acceptors (Lipinski definition) is 2. The molecule has 0 aliphatic rings. The number of nitrogens with zero attached hydrogens (tertiary/aromatic N) is 2. The average Bonchev–Trinajstić information content (AvgIpc) is 2.25. The lowest BCUT2D eigenvalue weighted by Gasteiger charge is -2.07. The van der Waals surface area contributed by atoms with Crippen molar-refractivity contribution in [2.75, 3.05) is 0 Å². The zero-order chi connectivity index (χ0) is 12.6. The van der Waals surface area contributed by atoms with Crippen LogP contribution in [0.25, 0.3) is 11.4 Å². The molecule has 0 unspecified atom stereocenters. The van der Waals surface area contributed by atoms with Gasteiger partial charge in [-0.15, -0.1) is 0 Å². The van der Waals surface area contributed by atoms with Crippen LogP contribution in [0.1, 0.15) is 11.3 Å². The summed E-state index contributed by atoms with van der Waals surface area (Å²) in [4.78, 5) is 8.54. The summed E-state index contributed by atoms with van der Waals surface area (Å²) in [5.74, 6) is 0.181. The molecular weight excluding hydrogens is 307 g/mol. The van der Waals surface area contributed by atoms with E-state index in [1.165, 1.54) is 12.1 Å². The van der Waals surface area contributed by atoms with Gasteiger partial charge in [-0.2, -0.15) is 0 Å². The first kappa shape index (κ1) is 12.5. The van der Waals surface area contributed by atoms with Gasteiger partial charge in [0.25, 0.3) is 0 Å². The van der Waals surface area contributed by atoms with E-state index in [0.717, 1.165) is 16.8 Å². The predicted octanol–water partition coefficient (Wildman–Crippen LogP) is 4.32. The van der Waals surface area contributed by atoms with E-state index in [9.17, 15) is 4.39 Å². The highest BCUT2D eigenvalue weighted by Crippen LogP contribution is 2.28. The summed E-state index contributed by atoms with van der Waals surface area (Å²) in [7, 11) is 0. The van der Waals surface area contributed by atoms with Crippen molar-refractivity contribution in [3.63, 3.8) is 0 Å². The molecule has 17 heavy (non-hydrogen) atoms. The second-order valence-corrected chi connectivity index (χ2v) is 4.88. The van der Waals surface area contributed by atoms with Gasteiger partial charge in [-0.05, 0) is 48.0 Å². The minimum absolute atomic E-state index is 0.310. The van der Waals surface area contributed by atoms with Gasteiger partial charge in [0.2, 0.25) is 0 Å². The zero-order valence-corrected chi connectivity index (χ0v) is 11.6. The molecule has 0 amide bonds. The molecule has 0 bridgehead atoms. The van der Waals surface area contributed by atoms with Crippen LogP contribution in [0.2, 0.25) is 5.15 Å². The maximum absolute atomic E-state index is 13.0. The van der Waals surface area contributed by atoms with E-state index in [4.69, 9.17) is 11.6 Å². The molecular formula is C12H9BrClFN2. The lowest BCUT2D eigenvalue weighted by molar-refractivity contribution is 0.627. The molecule has 2 rings (SSSR count). The largest absolute Gasteiger partial charge is 0.233 e. The standard InChI is InChI=1S/C12H9BrClFN2/c1-6-7(2)16-12(17-11(6)14)9-4-3-8(15)5-10(9)13/h3-5H,1-2H3. The van der Waals surface area contributed by atoms with Crippen molar-refractivity contribution in [1.82, 2.24) is 9.97 Å². The van der Waals surface area contributed by atoms with Crippen LogP contribution >= 0.6 is 27.5 Å². The molecule has 0 aliphatic heterocycles. The normalized spacial score (nSPS) is 10.6. The molecule has 0 N–H and O–H groups in total. The van der Waals surface area contributed by atoms with Gasteiger partial charge < -0.3 is 0 Å². The molecule has 0 saturated heterocycles. The monoisotopic (exact) mass is 314 g/mol. The Balaban J connectivity index is 2.61. The topological polar surface area (TPSA) is 25.8 Å². The quantitative estimate of drug-likeness (QED) is 0.733. The lowest BCUT2D eigenvalue weighted by Crippen LogP contribution is -1.97. The minimum Gasteiger partial charge on any atom is -0.233 e.